The lowest BCUT2D eigenvalue weighted by Gasteiger charge is -2.13. The normalized spacial score (nSPS) is 10.4. The van der Waals surface area contributed by atoms with Gasteiger partial charge in [0.05, 0.1) is 17.7 Å². The topological polar surface area (TPSA) is 89.6 Å². The number of carbonyl (C=O) groups excluding carboxylic acids is 1. The highest BCUT2D eigenvalue weighted by molar-refractivity contribution is 6.04. The Morgan fingerprint density at radius 3 is 2.48 bits per heavy atom. The van der Waals surface area contributed by atoms with E-state index in [9.17, 15) is 14.7 Å². The number of esters is 1. The zero-order valence-corrected chi connectivity index (χ0v) is 12.6. The second-order valence-electron chi connectivity index (χ2n) is 4.89. The Hall–Kier alpha value is -2.04. The summed E-state index contributed by atoms with van der Waals surface area (Å²) in [6.45, 7) is 3.99. The van der Waals surface area contributed by atoms with E-state index in [0.29, 0.717) is 17.7 Å². The highest BCUT2D eigenvalue weighted by Crippen LogP contribution is 2.25. The van der Waals surface area contributed by atoms with E-state index in [0.717, 1.165) is 25.7 Å². The summed E-state index contributed by atoms with van der Waals surface area (Å²) in [5, 5.41) is 9.43. The molecule has 1 aromatic rings. The van der Waals surface area contributed by atoms with E-state index in [1.165, 1.54) is 6.07 Å². The van der Waals surface area contributed by atoms with E-state index in [4.69, 9.17) is 10.5 Å². The average Bonchev–Trinajstić information content (AvgIpc) is 2.44. The molecule has 3 N–H and O–H groups in total. The second kappa shape index (κ2) is 8.29. The third kappa shape index (κ3) is 4.48. The second-order valence-corrected chi connectivity index (χ2v) is 4.89. The number of carboxylic acids is 1. The van der Waals surface area contributed by atoms with Crippen molar-refractivity contribution in [3.8, 4) is 0 Å². The van der Waals surface area contributed by atoms with E-state index in [1.54, 1.807) is 13.0 Å². The van der Waals surface area contributed by atoms with Gasteiger partial charge in [0, 0.05) is 5.69 Å². The molecule has 0 aliphatic heterocycles. The van der Waals surface area contributed by atoms with Gasteiger partial charge in [0.1, 0.15) is 0 Å². The van der Waals surface area contributed by atoms with Gasteiger partial charge in [0.25, 0.3) is 0 Å². The van der Waals surface area contributed by atoms with Gasteiger partial charge in [-0.1, -0.05) is 26.2 Å². The van der Waals surface area contributed by atoms with Crippen LogP contribution in [-0.2, 0) is 11.2 Å². The number of benzene rings is 1. The summed E-state index contributed by atoms with van der Waals surface area (Å²) in [6.07, 6.45) is 4.62. The zero-order chi connectivity index (χ0) is 15.8. The van der Waals surface area contributed by atoms with Crippen LogP contribution in [0.5, 0.6) is 0 Å². The van der Waals surface area contributed by atoms with Crippen molar-refractivity contribution in [3.05, 3.63) is 28.8 Å². The van der Waals surface area contributed by atoms with Crippen LogP contribution in [0.4, 0.5) is 5.69 Å². The number of unbranched alkanes of at least 4 members (excludes halogenated alkanes) is 3. The lowest BCUT2D eigenvalue weighted by molar-refractivity contribution is 0.0514. The smallest absolute Gasteiger partial charge is 0.339 e. The van der Waals surface area contributed by atoms with Crippen LogP contribution in [0, 0.1) is 0 Å². The average molecular weight is 293 g/mol. The zero-order valence-electron chi connectivity index (χ0n) is 12.6. The van der Waals surface area contributed by atoms with Gasteiger partial charge in [-0.15, -0.1) is 0 Å². The first-order valence-corrected chi connectivity index (χ1v) is 7.34. The Balaban J connectivity index is 3.11. The van der Waals surface area contributed by atoms with E-state index in [2.05, 4.69) is 6.92 Å². The van der Waals surface area contributed by atoms with Crippen LogP contribution in [0.2, 0.25) is 0 Å². The van der Waals surface area contributed by atoms with Crippen LogP contribution < -0.4 is 5.73 Å². The minimum atomic E-state index is -1.14. The fourth-order valence-corrected chi connectivity index (χ4v) is 2.29. The van der Waals surface area contributed by atoms with E-state index in [-0.39, 0.29) is 17.7 Å². The molecule has 21 heavy (non-hydrogen) atoms. The van der Waals surface area contributed by atoms with E-state index >= 15 is 0 Å². The Kier molecular flexibility index (Phi) is 6.72. The van der Waals surface area contributed by atoms with Crippen LogP contribution in [-0.4, -0.2) is 23.7 Å². The Morgan fingerprint density at radius 2 is 1.90 bits per heavy atom. The standard InChI is InChI=1S/C16H23NO4/c1-3-5-6-7-8-11-13(17)10-9-12(14(11)15(18)19)16(20)21-4-2/h9-10H,3-8,17H2,1-2H3,(H,18,19). The van der Waals surface area contributed by atoms with Gasteiger partial charge in [-0.05, 0) is 37.5 Å². The van der Waals surface area contributed by atoms with Gasteiger partial charge in [-0.2, -0.15) is 0 Å². The predicted molar refractivity (Wildman–Crippen MR) is 81.6 cm³/mol. The molecule has 0 saturated heterocycles. The van der Waals surface area contributed by atoms with Crippen molar-refractivity contribution in [2.75, 3.05) is 12.3 Å². The van der Waals surface area contributed by atoms with Gasteiger partial charge < -0.3 is 15.6 Å². The quantitative estimate of drug-likeness (QED) is 0.436. The van der Waals surface area contributed by atoms with Crippen molar-refractivity contribution in [1.82, 2.24) is 0 Å². The van der Waals surface area contributed by atoms with Gasteiger partial charge >= 0.3 is 11.9 Å². The summed E-state index contributed by atoms with van der Waals surface area (Å²) in [6, 6.07) is 3.00. The molecule has 0 fully saturated rings. The third-order valence-electron chi connectivity index (χ3n) is 3.34. The number of rotatable bonds is 8. The molecule has 116 valence electrons. The summed E-state index contributed by atoms with van der Waals surface area (Å²) < 4.78 is 4.91. The fraction of sp³-hybridized carbons (Fsp3) is 0.500. The van der Waals surface area contributed by atoms with Crippen LogP contribution in [0.3, 0.4) is 0 Å². The Morgan fingerprint density at radius 1 is 1.19 bits per heavy atom. The molecule has 0 aliphatic rings. The van der Waals surface area contributed by atoms with Gasteiger partial charge in [0.2, 0.25) is 0 Å². The van der Waals surface area contributed by atoms with Crippen molar-refractivity contribution in [2.45, 2.75) is 46.0 Å². The summed E-state index contributed by atoms with van der Waals surface area (Å²) in [5.74, 6) is -1.76. The molecule has 5 nitrogen and oxygen atoms in total. The fourth-order valence-electron chi connectivity index (χ4n) is 2.29. The number of hydrogen-bond acceptors (Lipinski definition) is 4. The Labute approximate surface area is 125 Å². The molecule has 0 spiro atoms. The summed E-state index contributed by atoms with van der Waals surface area (Å²) in [7, 11) is 0. The maximum Gasteiger partial charge on any atom is 0.339 e. The number of nitrogen functional groups attached to an aromatic ring is 1. The molecule has 0 heterocycles. The van der Waals surface area contributed by atoms with Crippen LogP contribution in [0.1, 0.15) is 65.8 Å². The first-order valence-electron chi connectivity index (χ1n) is 7.34. The third-order valence-corrected chi connectivity index (χ3v) is 3.34. The largest absolute Gasteiger partial charge is 0.478 e. The maximum absolute atomic E-state index is 11.9. The number of anilines is 1. The first kappa shape index (κ1) is 17.0. The van der Waals surface area contributed by atoms with Gasteiger partial charge in [-0.25, -0.2) is 9.59 Å². The lowest BCUT2D eigenvalue weighted by atomic mass is 9.94. The van der Waals surface area contributed by atoms with Crippen LogP contribution in [0.15, 0.2) is 12.1 Å². The van der Waals surface area contributed by atoms with Crippen molar-refractivity contribution in [1.29, 1.82) is 0 Å². The van der Waals surface area contributed by atoms with Gasteiger partial charge in [-0.3, -0.25) is 0 Å². The number of carboxylic acid groups (broad SMARTS) is 1. The van der Waals surface area contributed by atoms with Crippen molar-refractivity contribution >= 4 is 17.6 Å². The summed E-state index contributed by atoms with van der Waals surface area (Å²) in [5.41, 5.74) is 6.90. The number of carbonyl (C=O) groups is 2. The lowest BCUT2D eigenvalue weighted by Crippen LogP contribution is -2.15. The molecule has 0 aromatic heterocycles. The monoisotopic (exact) mass is 293 g/mol. The molecule has 1 aromatic carbocycles. The molecule has 1 rings (SSSR count). The number of nitrogens with two attached hydrogens (primary N) is 1. The molecule has 5 heteroatoms. The molecule has 0 aliphatic carbocycles. The molecule has 0 bridgehead atoms. The van der Waals surface area contributed by atoms with E-state index in [1.807, 2.05) is 0 Å². The number of aromatic carboxylic acids is 1. The van der Waals surface area contributed by atoms with Crippen LogP contribution in [0.25, 0.3) is 0 Å². The van der Waals surface area contributed by atoms with Gasteiger partial charge in [0.15, 0.2) is 0 Å². The highest BCUT2D eigenvalue weighted by Gasteiger charge is 2.22. The SMILES string of the molecule is CCCCCCc1c(N)ccc(C(=O)OCC)c1C(=O)O. The molecule has 0 amide bonds. The van der Waals surface area contributed by atoms with Crippen molar-refractivity contribution in [3.63, 3.8) is 0 Å². The minimum absolute atomic E-state index is 0.0232. The highest BCUT2D eigenvalue weighted by atomic mass is 16.5. The number of ether oxygens (including phenoxy) is 1. The molecule has 0 radical (unpaired) electrons. The molecule has 0 atom stereocenters. The van der Waals surface area contributed by atoms with Crippen LogP contribution >= 0.6 is 0 Å². The molecule has 0 unspecified atom stereocenters. The minimum Gasteiger partial charge on any atom is -0.478 e. The predicted octanol–water partition coefficient (Wildman–Crippen LogP) is 3.27. The Bertz CT molecular complexity index is 511. The summed E-state index contributed by atoms with van der Waals surface area (Å²) >= 11 is 0. The summed E-state index contributed by atoms with van der Waals surface area (Å²) in [4.78, 5) is 23.4. The molecular formula is C16H23NO4. The van der Waals surface area contributed by atoms with Crippen molar-refractivity contribution < 1.29 is 19.4 Å². The first-order chi connectivity index (χ1) is 10.0. The molecule has 0 saturated carbocycles. The van der Waals surface area contributed by atoms with E-state index < -0.39 is 11.9 Å². The van der Waals surface area contributed by atoms with Crippen molar-refractivity contribution in [2.24, 2.45) is 0 Å². The number of hydrogen-bond donors (Lipinski definition) is 2. The maximum atomic E-state index is 11.9. The molecular weight excluding hydrogens is 270 g/mol.